The van der Waals surface area contributed by atoms with Gasteiger partial charge in [-0.2, -0.15) is 9.97 Å². The fourth-order valence-corrected chi connectivity index (χ4v) is 13.3. The molecule has 476 valence electrons. The predicted molar refractivity (Wildman–Crippen MR) is 340 cm³/mol. The topological polar surface area (TPSA) is 266 Å². The number of nitrogen functional groups attached to an aromatic ring is 1. The molecule has 89 heavy (non-hydrogen) atoms. The molecule has 12 rings (SSSR count). The highest BCUT2D eigenvalue weighted by atomic mass is 35.5. The van der Waals surface area contributed by atoms with Gasteiger partial charge in [0, 0.05) is 101 Å². The number of fused-ring (bicyclic) bond motifs is 6. The molecule has 6 amide bonds. The van der Waals surface area contributed by atoms with E-state index in [0.717, 1.165) is 86.3 Å². The zero-order valence-corrected chi connectivity index (χ0v) is 53.7. The molecule has 4 bridgehead atoms. The highest BCUT2D eigenvalue weighted by Crippen LogP contribution is 2.39. The number of pyridine rings is 2. The van der Waals surface area contributed by atoms with E-state index in [0.29, 0.717) is 65.9 Å². The van der Waals surface area contributed by atoms with Crippen LogP contribution in [-0.4, -0.2) is 171 Å². The first-order valence-electron chi connectivity index (χ1n) is 31.2. The summed E-state index contributed by atoms with van der Waals surface area (Å²) in [7, 11) is 7.06. The summed E-state index contributed by atoms with van der Waals surface area (Å²) in [5.74, 6) is 1.25. The van der Waals surface area contributed by atoms with Gasteiger partial charge in [0.05, 0.1) is 35.9 Å². The second kappa shape index (κ2) is 26.5. The molecule has 4 atom stereocenters. The molecule has 0 aromatic carbocycles. The zero-order valence-electron chi connectivity index (χ0n) is 52.9. The molecular formula is C64H85ClN16O8. The lowest BCUT2D eigenvalue weighted by atomic mass is 9.95. The third-order valence-corrected chi connectivity index (χ3v) is 17.5. The van der Waals surface area contributed by atoms with E-state index in [1.807, 2.05) is 59.7 Å². The number of ether oxygens (including phenoxy) is 2. The average Bonchev–Trinajstić information content (AvgIpc) is 1.72. The molecule has 10 heterocycles. The molecule has 4 unspecified atom stereocenters. The highest BCUT2D eigenvalue weighted by Gasteiger charge is 2.46. The lowest BCUT2D eigenvalue weighted by molar-refractivity contribution is -0.119. The Hall–Kier alpha value is -8.15. The number of anilines is 5. The number of hydrogen-bond donors (Lipinski definition) is 2. The van der Waals surface area contributed by atoms with Crippen molar-refractivity contribution in [2.75, 3.05) is 62.1 Å². The van der Waals surface area contributed by atoms with E-state index in [2.05, 4.69) is 39.4 Å². The van der Waals surface area contributed by atoms with Gasteiger partial charge in [-0.25, -0.2) is 29.5 Å². The van der Waals surface area contributed by atoms with Crippen LogP contribution in [0.25, 0.3) is 22.1 Å². The number of nitrogens with zero attached hydrogens (tertiary/aromatic N) is 14. The first kappa shape index (κ1) is 63.9. The van der Waals surface area contributed by atoms with Gasteiger partial charge in [-0.1, -0.05) is 38.5 Å². The molecule has 6 fully saturated rings. The highest BCUT2D eigenvalue weighted by molar-refractivity contribution is 6.28. The summed E-state index contributed by atoms with van der Waals surface area (Å²) >= 11 is 5.95. The molecule has 0 radical (unpaired) electrons. The van der Waals surface area contributed by atoms with E-state index >= 15 is 0 Å². The van der Waals surface area contributed by atoms with Crippen LogP contribution in [0.5, 0.6) is 0 Å². The molecule has 2 aliphatic carbocycles. The standard InChI is InChI=1S/C32H42N8O4.C17H24N4O3.C15H19ClN4O/c1-32(2,3)44-31(43)39-22-11-12-24(39)19-38(27(41)16-22)23-13-14-26(33-18-23)35-30-34-17-20-15-25(29(42)37(4)5)40(28(20)36-30)21-9-7-6-8-10-21;1-17(2,3)24-16(23)21-11-4-5-13(21)10-20(15(22)8-11)12-6-7-14(18)19-9-12;1-19(2)14(21)12-8-10-9-17-15(16)18-13(10)20(12)11-6-4-3-5-7-11/h13-15,17-18,21-22,24H,6-12,16,19H2,1-5H3,(H,33,34,35,36);6-7,9,11,13H,4-5,8,10H2,1-3H3,(H2,18,19);8-9,11H,3-7H2,1-2H3. The van der Waals surface area contributed by atoms with Crippen LogP contribution < -0.4 is 20.9 Å². The lowest BCUT2D eigenvalue weighted by Gasteiger charge is -2.31. The maximum absolute atomic E-state index is 13.3. The molecule has 2 saturated carbocycles. The van der Waals surface area contributed by atoms with E-state index in [9.17, 15) is 28.8 Å². The Labute approximate surface area is 524 Å². The number of nitrogens with two attached hydrogens (primary N) is 1. The summed E-state index contributed by atoms with van der Waals surface area (Å²) < 4.78 is 15.4. The summed E-state index contributed by atoms with van der Waals surface area (Å²) in [6.07, 6.45) is 21.2. The van der Waals surface area contributed by atoms with E-state index in [1.165, 1.54) is 25.7 Å². The first-order valence-corrected chi connectivity index (χ1v) is 31.6. The van der Waals surface area contributed by atoms with Gasteiger partial charge in [0.25, 0.3) is 11.8 Å². The molecule has 6 aliphatic rings. The third-order valence-electron chi connectivity index (χ3n) is 17.3. The number of aromatic nitrogens is 8. The second-order valence-corrected chi connectivity index (χ2v) is 26.9. The fraction of sp³-hybridized carbons (Fsp3) is 0.562. The van der Waals surface area contributed by atoms with Gasteiger partial charge < -0.3 is 49.3 Å². The van der Waals surface area contributed by atoms with E-state index in [1.54, 1.807) is 101 Å². The summed E-state index contributed by atoms with van der Waals surface area (Å²) in [6, 6.07) is 11.0. The number of nitrogens with one attached hydrogen (secondary N) is 1. The third kappa shape index (κ3) is 14.6. The minimum Gasteiger partial charge on any atom is -0.444 e. The molecule has 0 spiro atoms. The SMILES string of the molecule is CC(C)(C)OC(=O)N1C2CCC1CN(c1ccc(N)nc1)C(=O)C2.CN(C)C(=O)c1cc2cnc(Cl)nc2n1C1CCCCC1.CN(C)C(=O)c1cc2cnc(Nc3ccc(N4CC5CCC(CC4=O)N5C(=O)OC(C)(C)C)cn3)nc2n1C1CCCCC1. The van der Waals surface area contributed by atoms with Crippen molar-refractivity contribution in [2.24, 2.45) is 0 Å². The summed E-state index contributed by atoms with van der Waals surface area (Å²) in [6.45, 7) is 12.0. The minimum atomic E-state index is -0.599. The molecule has 4 aliphatic heterocycles. The number of rotatable bonds is 8. The van der Waals surface area contributed by atoms with Crippen molar-refractivity contribution in [1.82, 2.24) is 58.6 Å². The van der Waals surface area contributed by atoms with Crippen molar-refractivity contribution in [1.29, 1.82) is 0 Å². The van der Waals surface area contributed by atoms with Gasteiger partial charge in [-0.05, 0) is 141 Å². The van der Waals surface area contributed by atoms with Crippen molar-refractivity contribution in [3.8, 4) is 0 Å². The lowest BCUT2D eigenvalue weighted by Crippen LogP contribution is -2.45. The van der Waals surface area contributed by atoms with E-state index in [-0.39, 0.29) is 77.7 Å². The van der Waals surface area contributed by atoms with Gasteiger partial charge in [0.15, 0.2) is 0 Å². The van der Waals surface area contributed by atoms with Crippen LogP contribution >= 0.6 is 11.6 Å². The maximum Gasteiger partial charge on any atom is 0.410 e. The predicted octanol–water partition coefficient (Wildman–Crippen LogP) is 10.7. The Balaban J connectivity index is 0.000000163. The molecule has 3 N–H and O–H groups in total. The molecule has 6 aromatic rings. The van der Waals surface area contributed by atoms with Crippen LogP contribution in [0.3, 0.4) is 0 Å². The van der Waals surface area contributed by atoms with Crippen molar-refractivity contribution < 1.29 is 38.2 Å². The average molecular weight is 1240 g/mol. The van der Waals surface area contributed by atoms with Gasteiger partial charge in [-0.3, -0.25) is 29.0 Å². The molecular weight excluding hydrogens is 1160 g/mol. The van der Waals surface area contributed by atoms with Crippen molar-refractivity contribution in [2.45, 2.75) is 192 Å². The number of carbonyl (C=O) groups is 6. The summed E-state index contributed by atoms with van der Waals surface area (Å²) in [4.78, 5) is 114. The molecule has 4 saturated heterocycles. The van der Waals surface area contributed by atoms with Crippen LogP contribution in [0.4, 0.5) is 38.5 Å². The second-order valence-electron chi connectivity index (χ2n) is 26.6. The minimum absolute atomic E-state index is 0.00216. The quantitative estimate of drug-likeness (QED) is 0.134. The van der Waals surface area contributed by atoms with Crippen molar-refractivity contribution in [3.05, 3.63) is 77.9 Å². The van der Waals surface area contributed by atoms with Crippen LogP contribution in [0.2, 0.25) is 5.28 Å². The maximum atomic E-state index is 13.3. The monoisotopic (exact) mass is 1240 g/mol. The fourth-order valence-electron chi connectivity index (χ4n) is 13.2. The first-order chi connectivity index (χ1) is 42.3. The van der Waals surface area contributed by atoms with Gasteiger partial charge in [-0.15, -0.1) is 0 Å². The summed E-state index contributed by atoms with van der Waals surface area (Å²) in [5.41, 5.74) is 8.67. The van der Waals surface area contributed by atoms with Crippen LogP contribution in [0.1, 0.15) is 177 Å². The van der Waals surface area contributed by atoms with Crippen LogP contribution in [-0.2, 0) is 19.1 Å². The largest absolute Gasteiger partial charge is 0.444 e. The number of carbonyl (C=O) groups excluding carboxylic acids is 6. The Morgan fingerprint density at radius 2 is 0.989 bits per heavy atom. The molecule has 24 nitrogen and oxygen atoms in total. The molecule has 6 aromatic heterocycles. The van der Waals surface area contributed by atoms with Crippen LogP contribution in [0.15, 0.2) is 61.2 Å². The molecule has 25 heteroatoms. The van der Waals surface area contributed by atoms with Crippen molar-refractivity contribution in [3.63, 3.8) is 0 Å². The van der Waals surface area contributed by atoms with Crippen LogP contribution in [0, 0.1) is 0 Å². The Morgan fingerprint density at radius 1 is 0.551 bits per heavy atom. The van der Waals surface area contributed by atoms with Gasteiger partial charge in [0.1, 0.15) is 45.5 Å². The van der Waals surface area contributed by atoms with Crippen molar-refractivity contribution >= 4 is 98.4 Å². The van der Waals surface area contributed by atoms with E-state index < -0.39 is 11.2 Å². The Kier molecular flexibility index (Phi) is 19.0. The zero-order chi connectivity index (χ0) is 63.6. The number of hydrogen-bond acceptors (Lipinski definition) is 16. The Morgan fingerprint density at radius 3 is 1.42 bits per heavy atom. The number of halogens is 1. The van der Waals surface area contributed by atoms with Gasteiger partial charge in [0.2, 0.25) is 23.0 Å². The Bertz CT molecular complexity index is 3570. The summed E-state index contributed by atoms with van der Waals surface area (Å²) in [5, 5.41) is 5.11. The smallest absolute Gasteiger partial charge is 0.410 e. The van der Waals surface area contributed by atoms with Gasteiger partial charge >= 0.3 is 12.2 Å². The normalized spacial score (nSPS) is 20.7. The number of amides is 6. The van der Waals surface area contributed by atoms with E-state index in [4.69, 9.17) is 31.8 Å².